The highest BCUT2D eigenvalue weighted by atomic mass is 19.4. The fraction of sp³-hybridized carbons (Fsp3) is 0.600. The topological polar surface area (TPSA) is 68.5 Å². The van der Waals surface area contributed by atoms with Gasteiger partial charge in [0.15, 0.2) is 17.0 Å². The van der Waals surface area contributed by atoms with Crippen molar-refractivity contribution in [2.75, 3.05) is 5.32 Å². The number of nitrogens with one attached hydrogen (secondary N) is 1. The molecule has 0 saturated heterocycles. The molecule has 0 saturated carbocycles. The van der Waals surface area contributed by atoms with Crippen molar-refractivity contribution in [3.05, 3.63) is 6.33 Å². The molecular weight excluding hydrogens is 261 g/mol. The highest BCUT2D eigenvalue weighted by Crippen LogP contribution is 2.31. The first-order valence-electron chi connectivity index (χ1n) is 5.70. The Bertz CT molecular complexity index is 576. The maximum absolute atomic E-state index is 12.7. The van der Waals surface area contributed by atoms with E-state index in [-0.39, 0.29) is 17.2 Å². The second kappa shape index (κ2) is 4.63. The van der Waals surface area contributed by atoms with E-state index in [2.05, 4.69) is 25.6 Å². The summed E-state index contributed by atoms with van der Waals surface area (Å²) in [5, 5.41) is 10.3. The van der Waals surface area contributed by atoms with Crippen LogP contribution in [0, 0.1) is 0 Å². The van der Waals surface area contributed by atoms with Gasteiger partial charge < -0.3 is 5.32 Å². The Labute approximate surface area is 107 Å². The molecule has 104 valence electrons. The first kappa shape index (κ1) is 13.5. The molecule has 0 aliphatic rings. The van der Waals surface area contributed by atoms with Crippen LogP contribution in [0.5, 0.6) is 0 Å². The van der Waals surface area contributed by atoms with Gasteiger partial charge in [0.2, 0.25) is 0 Å². The van der Waals surface area contributed by atoms with E-state index < -0.39 is 12.2 Å². The van der Waals surface area contributed by atoms with Gasteiger partial charge >= 0.3 is 6.18 Å². The molecule has 6 nitrogen and oxygen atoms in total. The van der Waals surface area contributed by atoms with Crippen LogP contribution >= 0.6 is 0 Å². The lowest BCUT2D eigenvalue weighted by Gasteiger charge is -2.15. The van der Waals surface area contributed by atoms with Crippen LogP contribution in [-0.2, 0) is 0 Å². The van der Waals surface area contributed by atoms with Gasteiger partial charge in [-0.15, -0.1) is 5.10 Å². The monoisotopic (exact) mass is 274 g/mol. The van der Waals surface area contributed by atoms with Crippen molar-refractivity contribution in [3.8, 4) is 0 Å². The average molecular weight is 274 g/mol. The molecule has 1 atom stereocenters. The zero-order valence-electron chi connectivity index (χ0n) is 10.6. The first-order chi connectivity index (χ1) is 8.80. The molecule has 2 heterocycles. The minimum atomic E-state index is -4.41. The molecule has 0 aromatic carbocycles. The molecule has 0 aliphatic heterocycles. The number of anilines is 1. The third-order valence-corrected chi connectivity index (χ3v) is 2.53. The maximum Gasteiger partial charge on any atom is 0.410 e. The van der Waals surface area contributed by atoms with E-state index in [1.165, 1.54) is 6.33 Å². The van der Waals surface area contributed by atoms with E-state index in [0.29, 0.717) is 5.82 Å². The van der Waals surface area contributed by atoms with Crippen molar-refractivity contribution in [3.63, 3.8) is 0 Å². The van der Waals surface area contributed by atoms with E-state index in [4.69, 9.17) is 0 Å². The number of nitrogens with zero attached hydrogens (tertiary/aromatic N) is 5. The highest BCUT2D eigenvalue weighted by molar-refractivity contribution is 5.81. The van der Waals surface area contributed by atoms with Gasteiger partial charge in [0.25, 0.3) is 0 Å². The number of alkyl halides is 3. The fourth-order valence-electron chi connectivity index (χ4n) is 1.54. The van der Waals surface area contributed by atoms with E-state index in [9.17, 15) is 13.2 Å². The molecular formula is C10H13F3N6. The normalized spacial score (nSPS) is 14.1. The molecule has 0 radical (unpaired) electrons. The molecule has 1 N–H and O–H groups in total. The molecule has 2 rings (SSSR count). The van der Waals surface area contributed by atoms with Crippen molar-refractivity contribution in [2.24, 2.45) is 0 Å². The van der Waals surface area contributed by atoms with Crippen molar-refractivity contribution in [2.45, 2.75) is 39.0 Å². The molecule has 1 unspecified atom stereocenters. The van der Waals surface area contributed by atoms with Gasteiger partial charge in [-0.05, 0) is 20.8 Å². The van der Waals surface area contributed by atoms with Crippen LogP contribution in [0.3, 0.4) is 0 Å². The fourth-order valence-corrected chi connectivity index (χ4v) is 1.54. The minimum absolute atomic E-state index is 0.0583. The number of rotatable bonds is 3. The zero-order chi connectivity index (χ0) is 14.2. The van der Waals surface area contributed by atoms with Gasteiger partial charge in [0.1, 0.15) is 12.4 Å². The predicted octanol–water partition coefficient (Wildman–Crippen LogP) is 2.16. The number of aromatic nitrogens is 5. The molecule has 2 aromatic heterocycles. The number of halogens is 3. The summed E-state index contributed by atoms with van der Waals surface area (Å²) in [4.78, 5) is 7.79. The molecule has 2 aromatic rings. The lowest BCUT2D eigenvalue weighted by Crippen LogP contribution is -2.25. The van der Waals surface area contributed by atoms with Crippen LogP contribution in [0.1, 0.15) is 26.8 Å². The van der Waals surface area contributed by atoms with Crippen LogP contribution < -0.4 is 5.32 Å². The summed E-state index contributed by atoms with van der Waals surface area (Å²) in [6, 6.07) is -1.72. The SMILES string of the molecule is CC(C)Nc1ncnc2c1nnn2C(C)C(F)(F)F. The molecule has 0 spiro atoms. The first-order valence-corrected chi connectivity index (χ1v) is 5.70. The smallest absolute Gasteiger partial charge is 0.366 e. The van der Waals surface area contributed by atoms with Crippen molar-refractivity contribution >= 4 is 17.0 Å². The van der Waals surface area contributed by atoms with Gasteiger partial charge in [-0.1, -0.05) is 5.21 Å². The molecule has 0 aliphatic carbocycles. The van der Waals surface area contributed by atoms with E-state index in [1.54, 1.807) is 0 Å². The average Bonchev–Trinajstić information content (AvgIpc) is 2.70. The van der Waals surface area contributed by atoms with E-state index in [0.717, 1.165) is 11.6 Å². The molecule has 9 heteroatoms. The zero-order valence-corrected chi connectivity index (χ0v) is 10.6. The number of hydrogen-bond donors (Lipinski definition) is 1. The molecule has 0 fully saturated rings. The van der Waals surface area contributed by atoms with Gasteiger partial charge in [-0.3, -0.25) is 0 Å². The largest absolute Gasteiger partial charge is 0.410 e. The summed E-state index contributed by atoms with van der Waals surface area (Å²) in [6.07, 6.45) is -3.22. The van der Waals surface area contributed by atoms with Crippen LogP contribution in [0.15, 0.2) is 6.33 Å². The second-order valence-corrected chi connectivity index (χ2v) is 4.45. The van der Waals surface area contributed by atoms with Crippen LogP contribution in [-0.4, -0.2) is 37.2 Å². The Morgan fingerprint density at radius 3 is 2.47 bits per heavy atom. The van der Waals surface area contributed by atoms with Gasteiger partial charge in [0, 0.05) is 6.04 Å². The van der Waals surface area contributed by atoms with Gasteiger partial charge in [0.05, 0.1) is 0 Å². The summed E-state index contributed by atoms with van der Waals surface area (Å²) in [5.41, 5.74) is 0.287. The Morgan fingerprint density at radius 2 is 1.89 bits per heavy atom. The summed E-state index contributed by atoms with van der Waals surface area (Å²) >= 11 is 0. The van der Waals surface area contributed by atoms with Crippen molar-refractivity contribution in [1.82, 2.24) is 25.0 Å². The van der Waals surface area contributed by atoms with Crippen molar-refractivity contribution < 1.29 is 13.2 Å². The Hall–Kier alpha value is -1.93. The minimum Gasteiger partial charge on any atom is -0.366 e. The molecule has 19 heavy (non-hydrogen) atoms. The van der Waals surface area contributed by atoms with Crippen LogP contribution in [0.4, 0.5) is 19.0 Å². The predicted molar refractivity (Wildman–Crippen MR) is 62.6 cm³/mol. The van der Waals surface area contributed by atoms with Crippen molar-refractivity contribution in [1.29, 1.82) is 0 Å². The summed E-state index contributed by atoms with van der Waals surface area (Å²) < 4.78 is 38.9. The number of fused-ring (bicyclic) bond motifs is 1. The van der Waals surface area contributed by atoms with E-state index in [1.807, 2.05) is 13.8 Å². The Kier molecular flexibility index (Phi) is 3.29. The molecule has 0 bridgehead atoms. The lowest BCUT2D eigenvalue weighted by molar-refractivity contribution is -0.164. The van der Waals surface area contributed by atoms with Gasteiger partial charge in [-0.2, -0.15) is 13.2 Å². The Morgan fingerprint density at radius 1 is 1.21 bits per heavy atom. The van der Waals surface area contributed by atoms with Crippen LogP contribution in [0.25, 0.3) is 11.2 Å². The maximum atomic E-state index is 12.7. The summed E-state index contributed by atoms with van der Waals surface area (Å²) in [6.45, 7) is 4.78. The quantitative estimate of drug-likeness (QED) is 0.929. The summed E-state index contributed by atoms with van der Waals surface area (Å²) in [7, 11) is 0. The Balaban J connectivity index is 2.50. The standard InChI is InChI=1S/C10H13F3N6/c1-5(2)16-8-7-9(15-4-14-8)19(18-17-7)6(3)10(11,12)13/h4-6H,1-3H3,(H,14,15,16). The van der Waals surface area contributed by atoms with Crippen LogP contribution in [0.2, 0.25) is 0 Å². The molecule has 0 amide bonds. The third-order valence-electron chi connectivity index (χ3n) is 2.53. The van der Waals surface area contributed by atoms with E-state index >= 15 is 0 Å². The third kappa shape index (κ3) is 2.59. The second-order valence-electron chi connectivity index (χ2n) is 4.45. The number of hydrogen-bond acceptors (Lipinski definition) is 5. The van der Waals surface area contributed by atoms with Gasteiger partial charge in [-0.25, -0.2) is 14.6 Å². The highest BCUT2D eigenvalue weighted by Gasteiger charge is 2.39. The summed E-state index contributed by atoms with van der Waals surface area (Å²) in [5.74, 6) is 0.376. The lowest BCUT2D eigenvalue weighted by atomic mass is 10.3.